The van der Waals surface area contributed by atoms with Gasteiger partial charge >= 0.3 is 0 Å². The molecule has 0 saturated heterocycles. The number of aromatic nitrogens is 5. The van der Waals surface area contributed by atoms with E-state index in [-0.39, 0.29) is 0 Å². The molecule has 0 radical (unpaired) electrons. The van der Waals surface area contributed by atoms with Crippen molar-refractivity contribution >= 4 is 43.7 Å². The molecule has 11 aromatic rings. The summed E-state index contributed by atoms with van der Waals surface area (Å²) >= 11 is 0. The van der Waals surface area contributed by atoms with Crippen LogP contribution < -0.4 is 0 Å². The molecule has 3 aromatic heterocycles. The van der Waals surface area contributed by atoms with Crippen LogP contribution in [-0.4, -0.2) is 24.5 Å². The van der Waals surface area contributed by atoms with Gasteiger partial charge in [0.05, 0.1) is 11.0 Å². The minimum atomic E-state index is 0.626. The number of fused-ring (bicyclic) bond motifs is 5. The maximum Gasteiger partial charge on any atom is 0.227 e. The third kappa shape index (κ3) is 5.51. The summed E-state index contributed by atoms with van der Waals surface area (Å²) in [6, 6.07) is 64.9. The number of nitrogens with zero attached hydrogens (tertiary/aromatic N) is 5. The molecule has 6 nitrogen and oxygen atoms in total. The predicted octanol–water partition coefficient (Wildman–Crippen LogP) is 12.6. The minimum absolute atomic E-state index is 0.626. The Morgan fingerprint density at radius 1 is 0.357 bits per heavy atom. The Hall–Kier alpha value is -7.70. The fourth-order valence-electron chi connectivity index (χ4n) is 7.68. The van der Waals surface area contributed by atoms with Gasteiger partial charge in [0, 0.05) is 38.7 Å². The highest BCUT2D eigenvalue weighted by atomic mass is 16.3. The average molecular weight is 718 g/mol. The maximum atomic E-state index is 6.14. The zero-order valence-corrected chi connectivity index (χ0v) is 30.0. The first-order chi connectivity index (χ1) is 27.7. The van der Waals surface area contributed by atoms with Crippen molar-refractivity contribution in [2.45, 2.75) is 0 Å². The van der Waals surface area contributed by atoms with Crippen molar-refractivity contribution in [3.8, 4) is 62.4 Å². The molecule has 0 bridgehead atoms. The Morgan fingerprint density at radius 3 is 1.64 bits per heavy atom. The largest absolute Gasteiger partial charge is 0.436 e. The molecule has 11 rings (SSSR count). The highest BCUT2D eigenvalue weighted by molar-refractivity contribution is 6.10. The molecule has 0 unspecified atom stereocenters. The first-order valence-electron chi connectivity index (χ1n) is 18.6. The van der Waals surface area contributed by atoms with E-state index in [1.165, 1.54) is 16.2 Å². The van der Waals surface area contributed by atoms with Crippen LogP contribution >= 0.6 is 0 Å². The summed E-state index contributed by atoms with van der Waals surface area (Å²) < 4.78 is 8.48. The van der Waals surface area contributed by atoms with Gasteiger partial charge < -0.3 is 8.98 Å². The van der Waals surface area contributed by atoms with E-state index in [1.807, 2.05) is 84.9 Å². The molecule has 56 heavy (non-hydrogen) atoms. The molecule has 0 N–H and O–H groups in total. The first-order valence-corrected chi connectivity index (χ1v) is 18.6. The lowest BCUT2D eigenvalue weighted by Crippen LogP contribution is -2.00. The summed E-state index contributed by atoms with van der Waals surface area (Å²) in [5.74, 6) is 2.57. The Morgan fingerprint density at radius 2 is 0.911 bits per heavy atom. The van der Waals surface area contributed by atoms with Gasteiger partial charge in [0.2, 0.25) is 5.89 Å². The lowest BCUT2D eigenvalue weighted by molar-refractivity contribution is 0.620. The second kappa shape index (κ2) is 13.0. The lowest BCUT2D eigenvalue weighted by Gasteiger charge is -2.11. The van der Waals surface area contributed by atoms with Gasteiger partial charge in [-0.2, -0.15) is 0 Å². The van der Waals surface area contributed by atoms with Gasteiger partial charge in [-0.3, -0.25) is 0 Å². The number of hydrogen-bond acceptors (Lipinski definition) is 5. The number of benzene rings is 8. The molecule has 3 heterocycles. The van der Waals surface area contributed by atoms with E-state index in [1.54, 1.807) is 0 Å². The summed E-state index contributed by atoms with van der Waals surface area (Å²) in [5, 5.41) is 4.68. The van der Waals surface area contributed by atoms with Crippen LogP contribution in [0.4, 0.5) is 0 Å². The van der Waals surface area contributed by atoms with Crippen molar-refractivity contribution in [2.24, 2.45) is 0 Å². The molecule has 8 aromatic carbocycles. The van der Waals surface area contributed by atoms with Crippen molar-refractivity contribution in [3.63, 3.8) is 0 Å². The Kier molecular flexibility index (Phi) is 7.38. The van der Waals surface area contributed by atoms with Gasteiger partial charge in [-0.1, -0.05) is 133 Å². The van der Waals surface area contributed by atoms with Crippen LogP contribution in [0.25, 0.3) is 106 Å². The average Bonchev–Trinajstić information content (AvgIpc) is 3.86. The van der Waals surface area contributed by atoms with Crippen molar-refractivity contribution < 1.29 is 4.42 Å². The summed E-state index contributed by atoms with van der Waals surface area (Å²) in [6.07, 6.45) is 0. The SMILES string of the molecule is c1ccc(-c2nc(-c3ccccc3)nc(-c3ccc(-c4ccc5cc(-n6c7ccccc7c7cc(-c8nc9ccccc9o8)ccc76)ccc5c4)cc3)n2)cc1. The molecule has 0 spiro atoms. The fourth-order valence-corrected chi connectivity index (χ4v) is 7.68. The maximum absolute atomic E-state index is 6.14. The Labute approximate surface area is 322 Å². The topological polar surface area (TPSA) is 69.6 Å². The van der Waals surface area contributed by atoms with E-state index in [9.17, 15) is 0 Å². The van der Waals surface area contributed by atoms with Gasteiger partial charge in [0.15, 0.2) is 23.1 Å². The quantitative estimate of drug-likeness (QED) is 0.171. The predicted molar refractivity (Wildman–Crippen MR) is 226 cm³/mol. The second-order valence-corrected chi connectivity index (χ2v) is 13.9. The van der Waals surface area contributed by atoms with E-state index in [2.05, 4.69) is 108 Å². The lowest BCUT2D eigenvalue weighted by atomic mass is 9.99. The molecule has 0 aliphatic rings. The molecule has 6 heteroatoms. The van der Waals surface area contributed by atoms with E-state index in [0.717, 1.165) is 66.6 Å². The first kappa shape index (κ1) is 31.8. The number of rotatable bonds is 6. The van der Waals surface area contributed by atoms with E-state index in [0.29, 0.717) is 23.4 Å². The zero-order chi connectivity index (χ0) is 37.0. The Balaban J connectivity index is 0.932. The molecule has 0 aliphatic heterocycles. The monoisotopic (exact) mass is 717 g/mol. The molecular formula is C50H31N5O. The zero-order valence-electron chi connectivity index (χ0n) is 30.0. The van der Waals surface area contributed by atoms with Crippen LogP contribution in [0.5, 0.6) is 0 Å². The number of para-hydroxylation sites is 3. The summed E-state index contributed by atoms with van der Waals surface area (Å²) in [5.41, 5.74) is 11.1. The van der Waals surface area contributed by atoms with Crippen LogP contribution in [0.1, 0.15) is 0 Å². The summed E-state index contributed by atoms with van der Waals surface area (Å²) in [7, 11) is 0. The van der Waals surface area contributed by atoms with Gasteiger partial charge in [-0.05, 0) is 76.5 Å². The molecule has 0 aliphatic carbocycles. The normalized spacial score (nSPS) is 11.6. The van der Waals surface area contributed by atoms with Crippen LogP contribution in [0, 0.1) is 0 Å². The van der Waals surface area contributed by atoms with Gasteiger partial charge in [0.1, 0.15) is 5.52 Å². The Bertz CT molecular complexity index is 3150. The standard InChI is InChI=1S/C50H31N5O/c1-3-11-33(12-4-1)47-52-48(34-13-5-2-6-14-34)54-49(53-47)35-21-19-32(20-22-35)36-23-24-38-30-40(27-25-37(38)29-36)55-44-17-9-7-15-41(44)42-31-39(26-28-45(42)55)50-51-43-16-8-10-18-46(43)56-50/h1-31H. The van der Waals surface area contributed by atoms with Crippen LogP contribution in [0.2, 0.25) is 0 Å². The molecule has 262 valence electrons. The van der Waals surface area contributed by atoms with E-state index >= 15 is 0 Å². The van der Waals surface area contributed by atoms with Crippen molar-refractivity contribution in [3.05, 3.63) is 188 Å². The van der Waals surface area contributed by atoms with E-state index < -0.39 is 0 Å². The highest BCUT2D eigenvalue weighted by Gasteiger charge is 2.17. The van der Waals surface area contributed by atoms with Gasteiger partial charge in [-0.15, -0.1) is 0 Å². The van der Waals surface area contributed by atoms with Gasteiger partial charge in [0.25, 0.3) is 0 Å². The number of hydrogen-bond donors (Lipinski definition) is 0. The third-order valence-corrected chi connectivity index (χ3v) is 10.5. The minimum Gasteiger partial charge on any atom is -0.436 e. The molecular weight excluding hydrogens is 687 g/mol. The van der Waals surface area contributed by atoms with Crippen LogP contribution in [0.3, 0.4) is 0 Å². The van der Waals surface area contributed by atoms with Crippen LogP contribution in [0.15, 0.2) is 192 Å². The summed E-state index contributed by atoms with van der Waals surface area (Å²) in [4.78, 5) is 19.4. The smallest absolute Gasteiger partial charge is 0.227 e. The van der Waals surface area contributed by atoms with Crippen molar-refractivity contribution in [1.82, 2.24) is 24.5 Å². The van der Waals surface area contributed by atoms with Crippen molar-refractivity contribution in [1.29, 1.82) is 0 Å². The molecule has 0 fully saturated rings. The summed E-state index contributed by atoms with van der Waals surface area (Å²) in [6.45, 7) is 0. The van der Waals surface area contributed by atoms with Crippen LogP contribution in [-0.2, 0) is 0 Å². The third-order valence-electron chi connectivity index (χ3n) is 10.5. The second-order valence-electron chi connectivity index (χ2n) is 13.9. The number of oxazole rings is 1. The fraction of sp³-hybridized carbons (Fsp3) is 0. The molecule has 0 amide bonds. The van der Waals surface area contributed by atoms with Gasteiger partial charge in [-0.25, -0.2) is 19.9 Å². The van der Waals surface area contributed by atoms with E-state index in [4.69, 9.17) is 24.4 Å². The molecule has 0 saturated carbocycles. The van der Waals surface area contributed by atoms with Crippen molar-refractivity contribution in [2.75, 3.05) is 0 Å². The molecule has 0 atom stereocenters. The highest BCUT2D eigenvalue weighted by Crippen LogP contribution is 2.37.